The zero-order chi connectivity index (χ0) is 15.4. The maximum Gasteiger partial charge on any atom is 0.0490 e. The number of hydrogen-bond donors (Lipinski definition) is 0. The van der Waals surface area contributed by atoms with Gasteiger partial charge in [0.1, 0.15) is 0 Å². The second-order valence-corrected chi connectivity index (χ2v) is 6.31. The molecule has 0 saturated heterocycles. The zero-order valence-corrected chi connectivity index (χ0v) is 13.7. The average molecular weight is 294 g/mol. The number of benzene rings is 2. The summed E-state index contributed by atoms with van der Waals surface area (Å²) in [5.41, 5.74) is 2.64. The van der Waals surface area contributed by atoms with E-state index in [2.05, 4.69) is 84.6 Å². The molecule has 0 unspecified atom stereocenters. The highest BCUT2D eigenvalue weighted by molar-refractivity contribution is 5.50. The van der Waals surface area contributed by atoms with Crippen molar-refractivity contribution in [2.24, 2.45) is 0 Å². The molecule has 1 aliphatic carbocycles. The summed E-state index contributed by atoms with van der Waals surface area (Å²) in [6, 6.07) is 22.7. The molecule has 3 rings (SSSR count). The van der Waals surface area contributed by atoms with Gasteiger partial charge in [0.05, 0.1) is 0 Å². The summed E-state index contributed by atoms with van der Waals surface area (Å²) >= 11 is 0. The highest BCUT2D eigenvalue weighted by atomic mass is 15.2. The van der Waals surface area contributed by atoms with Gasteiger partial charge in [0.15, 0.2) is 0 Å². The Kier molecular flexibility index (Phi) is 4.67. The summed E-state index contributed by atoms with van der Waals surface area (Å²) in [6.07, 6.45) is 5.21. The minimum atomic E-state index is 0.571. The molecule has 0 aromatic heterocycles. The van der Waals surface area contributed by atoms with Crippen LogP contribution >= 0.6 is 0 Å². The van der Waals surface area contributed by atoms with Crippen molar-refractivity contribution < 1.29 is 0 Å². The molecule has 0 radical (unpaired) electrons. The molecular formula is C20H26N2. The van der Waals surface area contributed by atoms with E-state index in [1.54, 1.807) is 0 Å². The fraction of sp³-hybridized carbons (Fsp3) is 0.400. The quantitative estimate of drug-likeness (QED) is 0.815. The van der Waals surface area contributed by atoms with Crippen molar-refractivity contribution >= 4 is 11.4 Å². The van der Waals surface area contributed by atoms with Gasteiger partial charge in [0, 0.05) is 37.6 Å². The van der Waals surface area contributed by atoms with Gasteiger partial charge < -0.3 is 9.80 Å². The molecule has 116 valence electrons. The molecule has 0 spiro atoms. The molecule has 2 atom stereocenters. The molecule has 0 aliphatic heterocycles. The molecule has 0 amide bonds. The average Bonchev–Trinajstić information content (AvgIpc) is 2.62. The summed E-state index contributed by atoms with van der Waals surface area (Å²) in [4.78, 5) is 4.95. The third-order valence-electron chi connectivity index (χ3n) is 5.02. The topological polar surface area (TPSA) is 6.48 Å². The van der Waals surface area contributed by atoms with E-state index < -0.39 is 0 Å². The Morgan fingerprint density at radius 3 is 1.36 bits per heavy atom. The second kappa shape index (κ2) is 6.87. The third-order valence-corrected chi connectivity index (χ3v) is 5.02. The predicted octanol–water partition coefficient (Wildman–Crippen LogP) is 4.57. The fourth-order valence-corrected chi connectivity index (χ4v) is 3.70. The van der Waals surface area contributed by atoms with Crippen molar-refractivity contribution in [3.8, 4) is 0 Å². The minimum Gasteiger partial charge on any atom is -0.370 e. The van der Waals surface area contributed by atoms with E-state index in [1.165, 1.54) is 37.1 Å². The van der Waals surface area contributed by atoms with E-state index in [0.717, 1.165) is 0 Å². The Bertz CT molecular complexity index is 513. The lowest BCUT2D eigenvalue weighted by Crippen LogP contribution is -2.51. The molecule has 2 aromatic rings. The van der Waals surface area contributed by atoms with Gasteiger partial charge in [-0.05, 0) is 37.1 Å². The summed E-state index contributed by atoms with van der Waals surface area (Å²) < 4.78 is 0. The van der Waals surface area contributed by atoms with Gasteiger partial charge in [-0.3, -0.25) is 0 Å². The molecule has 22 heavy (non-hydrogen) atoms. The third kappa shape index (κ3) is 3.11. The standard InChI is InChI=1S/C20H26N2/c1-21(17-11-5-3-6-12-17)19-15-9-10-16-20(19)22(2)18-13-7-4-8-14-18/h3-8,11-14,19-20H,9-10,15-16H2,1-2H3/t19-,20-/m1/s1. The predicted molar refractivity (Wildman–Crippen MR) is 95.7 cm³/mol. The van der Waals surface area contributed by atoms with E-state index in [9.17, 15) is 0 Å². The monoisotopic (exact) mass is 294 g/mol. The van der Waals surface area contributed by atoms with Crippen molar-refractivity contribution in [1.82, 2.24) is 0 Å². The lowest BCUT2D eigenvalue weighted by atomic mass is 9.88. The number of rotatable bonds is 4. The first kappa shape index (κ1) is 15.0. The maximum atomic E-state index is 2.48. The van der Waals surface area contributed by atoms with Gasteiger partial charge in [-0.15, -0.1) is 0 Å². The summed E-state index contributed by atoms with van der Waals surface area (Å²) in [5.74, 6) is 0. The molecule has 1 saturated carbocycles. The van der Waals surface area contributed by atoms with Crippen LogP contribution in [0, 0.1) is 0 Å². The smallest absolute Gasteiger partial charge is 0.0490 e. The molecule has 1 fully saturated rings. The first-order chi connectivity index (χ1) is 10.8. The molecule has 0 heterocycles. The van der Waals surface area contributed by atoms with Gasteiger partial charge in [-0.25, -0.2) is 0 Å². The molecule has 1 aliphatic rings. The molecule has 0 N–H and O–H groups in total. The summed E-state index contributed by atoms with van der Waals surface area (Å²) in [5, 5.41) is 0. The van der Waals surface area contributed by atoms with Gasteiger partial charge >= 0.3 is 0 Å². The van der Waals surface area contributed by atoms with Crippen LogP contribution in [0.1, 0.15) is 25.7 Å². The Morgan fingerprint density at radius 2 is 1.00 bits per heavy atom. The van der Waals surface area contributed by atoms with E-state index in [4.69, 9.17) is 0 Å². The van der Waals surface area contributed by atoms with Crippen LogP contribution in [0.5, 0.6) is 0 Å². The van der Waals surface area contributed by atoms with Crippen molar-refractivity contribution in [2.75, 3.05) is 23.9 Å². The van der Waals surface area contributed by atoms with Gasteiger partial charge in [-0.1, -0.05) is 49.2 Å². The Hall–Kier alpha value is -1.96. The SMILES string of the molecule is CN(c1ccccc1)[C@@H]1CCCC[C@H]1N(C)c1ccccc1. The minimum absolute atomic E-state index is 0.571. The maximum absolute atomic E-state index is 2.48. The van der Waals surface area contributed by atoms with E-state index in [-0.39, 0.29) is 0 Å². The highest BCUT2D eigenvalue weighted by Gasteiger charge is 2.31. The molecule has 2 heteroatoms. The van der Waals surface area contributed by atoms with Crippen LogP contribution in [0.25, 0.3) is 0 Å². The van der Waals surface area contributed by atoms with Crippen LogP contribution in [0.4, 0.5) is 11.4 Å². The van der Waals surface area contributed by atoms with Crippen molar-refractivity contribution in [2.45, 2.75) is 37.8 Å². The number of para-hydroxylation sites is 2. The van der Waals surface area contributed by atoms with Crippen LogP contribution in [0.2, 0.25) is 0 Å². The molecular weight excluding hydrogens is 268 g/mol. The van der Waals surface area contributed by atoms with Crippen LogP contribution in [0.3, 0.4) is 0 Å². The highest BCUT2D eigenvalue weighted by Crippen LogP contribution is 2.31. The van der Waals surface area contributed by atoms with Crippen LogP contribution in [-0.2, 0) is 0 Å². The van der Waals surface area contributed by atoms with E-state index in [0.29, 0.717) is 12.1 Å². The lowest BCUT2D eigenvalue weighted by molar-refractivity contribution is 0.363. The fourth-order valence-electron chi connectivity index (χ4n) is 3.70. The van der Waals surface area contributed by atoms with Crippen molar-refractivity contribution in [3.05, 3.63) is 60.7 Å². The van der Waals surface area contributed by atoms with Crippen molar-refractivity contribution in [1.29, 1.82) is 0 Å². The van der Waals surface area contributed by atoms with Crippen molar-refractivity contribution in [3.63, 3.8) is 0 Å². The first-order valence-corrected chi connectivity index (χ1v) is 8.33. The molecule has 0 bridgehead atoms. The van der Waals surface area contributed by atoms with E-state index in [1.807, 2.05) is 0 Å². The van der Waals surface area contributed by atoms with Gasteiger partial charge in [0.25, 0.3) is 0 Å². The number of likely N-dealkylation sites (N-methyl/N-ethyl adjacent to an activating group) is 2. The molecule has 2 nitrogen and oxygen atoms in total. The number of nitrogens with zero attached hydrogens (tertiary/aromatic N) is 2. The largest absolute Gasteiger partial charge is 0.370 e. The van der Waals surface area contributed by atoms with Gasteiger partial charge in [-0.2, -0.15) is 0 Å². The van der Waals surface area contributed by atoms with Gasteiger partial charge in [0.2, 0.25) is 0 Å². The number of anilines is 2. The van der Waals surface area contributed by atoms with Crippen LogP contribution < -0.4 is 9.80 Å². The van der Waals surface area contributed by atoms with Crippen LogP contribution in [-0.4, -0.2) is 26.2 Å². The molecule has 2 aromatic carbocycles. The Morgan fingerprint density at radius 1 is 0.636 bits per heavy atom. The Labute approximate surface area is 134 Å². The Balaban J connectivity index is 1.82. The normalized spacial score (nSPS) is 21.4. The number of hydrogen-bond acceptors (Lipinski definition) is 2. The summed E-state index contributed by atoms with van der Waals surface area (Å²) in [6.45, 7) is 0. The van der Waals surface area contributed by atoms with E-state index >= 15 is 0 Å². The first-order valence-electron chi connectivity index (χ1n) is 8.33. The van der Waals surface area contributed by atoms with Crippen LogP contribution in [0.15, 0.2) is 60.7 Å². The second-order valence-electron chi connectivity index (χ2n) is 6.31. The zero-order valence-electron chi connectivity index (χ0n) is 13.7. The lowest BCUT2D eigenvalue weighted by Gasteiger charge is -2.44. The summed E-state index contributed by atoms with van der Waals surface area (Å²) in [7, 11) is 4.49.